The molecular formula is C12H21F3N2O. The van der Waals surface area contributed by atoms with Gasteiger partial charge in [-0.2, -0.15) is 18.3 Å². The number of alkyl halides is 3. The van der Waals surface area contributed by atoms with Crippen LogP contribution in [0.3, 0.4) is 0 Å². The lowest BCUT2D eigenvalue weighted by Gasteiger charge is -2.39. The van der Waals surface area contributed by atoms with Crippen LogP contribution in [0.4, 0.5) is 13.2 Å². The Morgan fingerprint density at radius 3 is 2.28 bits per heavy atom. The summed E-state index contributed by atoms with van der Waals surface area (Å²) in [6, 6.07) is 0. The van der Waals surface area contributed by atoms with Crippen molar-refractivity contribution in [3.8, 4) is 0 Å². The summed E-state index contributed by atoms with van der Waals surface area (Å²) in [5.41, 5.74) is -0.280. The molecular weight excluding hydrogens is 245 g/mol. The van der Waals surface area contributed by atoms with Crippen molar-refractivity contribution in [2.24, 2.45) is 11.0 Å². The van der Waals surface area contributed by atoms with Crippen molar-refractivity contribution in [3.05, 3.63) is 0 Å². The third kappa shape index (κ3) is 3.86. The van der Waals surface area contributed by atoms with Crippen LogP contribution in [0.25, 0.3) is 0 Å². The Balaban J connectivity index is 2.99. The predicted octanol–water partition coefficient (Wildman–Crippen LogP) is 3.41. The summed E-state index contributed by atoms with van der Waals surface area (Å²) >= 11 is 0. The number of rotatable bonds is 2. The van der Waals surface area contributed by atoms with Gasteiger partial charge in [0.1, 0.15) is 6.73 Å². The first-order valence-corrected chi connectivity index (χ1v) is 6.05. The van der Waals surface area contributed by atoms with Gasteiger partial charge in [0.2, 0.25) is 0 Å². The molecule has 1 rings (SSSR count). The van der Waals surface area contributed by atoms with Gasteiger partial charge in [0, 0.05) is 0 Å². The van der Waals surface area contributed by atoms with Gasteiger partial charge < -0.3 is 4.74 Å². The highest BCUT2D eigenvalue weighted by atomic mass is 19.4. The predicted molar refractivity (Wildman–Crippen MR) is 64.3 cm³/mol. The molecule has 1 unspecified atom stereocenters. The third-order valence-electron chi connectivity index (χ3n) is 2.60. The second-order valence-electron chi connectivity index (χ2n) is 5.98. The first-order chi connectivity index (χ1) is 8.01. The van der Waals surface area contributed by atoms with Crippen molar-refractivity contribution >= 4 is 5.71 Å². The number of nitrogens with zero attached hydrogens (tertiary/aromatic N) is 2. The number of ether oxygens (including phenoxy) is 1. The van der Waals surface area contributed by atoms with E-state index in [0.717, 1.165) is 0 Å². The van der Waals surface area contributed by atoms with Crippen molar-refractivity contribution in [2.45, 2.75) is 58.9 Å². The molecule has 0 bridgehead atoms. The quantitative estimate of drug-likeness (QED) is 0.765. The Morgan fingerprint density at radius 2 is 1.89 bits per heavy atom. The SMILES string of the molecule is CC(C)CC1=NN(C(C)(C)C)COC1C(F)(F)F. The molecule has 0 saturated heterocycles. The molecule has 1 aliphatic heterocycles. The molecule has 0 aliphatic carbocycles. The Morgan fingerprint density at radius 1 is 1.33 bits per heavy atom. The van der Waals surface area contributed by atoms with Gasteiger partial charge >= 0.3 is 6.18 Å². The molecule has 0 aromatic rings. The Kier molecular flexibility index (Phi) is 4.30. The minimum atomic E-state index is -4.39. The van der Waals surface area contributed by atoms with Crippen molar-refractivity contribution in [2.75, 3.05) is 6.73 Å². The maximum atomic E-state index is 12.8. The molecule has 0 aromatic carbocycles. The van der Waals surface area contributed by atoms with E-state index in [1.165, 1.54) is 0 Å². The van der Waals surface area contributed by atoms with Crippen LogP contribution in [-0.2, 0) is 4.74 Å². The maximum Gasteiger partial charge on any atom is 0.420 e. The molecule has 18 heavy (non-hydrogen) atoms. The zero-order chi connectivity index (χ0) is 14.1. The second kappa shape index (κ2) is 5.07. The molecule has 0 radical (unpaired) electrons. The highest BCUT2D eigenvalue weighted by Crippen LogP contribution is 2.30. The normalized spacial score (nSPS) is 22.4. The molecule has 0 saturated carbocycles. The molecule has 1 aliphatic rings. The van der Waals surface area contributed by atoms with Crippen LogP contribution in [0, 0.1) is 5.92 Å². The van der Waals surface area contributed by atoms with E-state index in [0.29, 0.717) is 0 Å². The molecule has 106 valence electrons. The van der Waals surface area contributed by atoms with E-state index in [9.17, 15) is 13.2 Å². The van der Waals surface area contributed by atoms with E-state index in [1.807, 2.05) is 34.6 Å². The minimum Gasteiger partial charge on any atom is -0.341 e. The molecule has 3 nitrogen and oxygen atoms in total. The fourth-order valence-corrected chi connectivity index (χ4v) is 1.67. The van der Waals surface area contributed by atoms with E-state index in [1.54, 1.807) is 5.01 Å². The van der Waals surface area contributed by atoms with Crippen molar-refractivity contribution in [1.29, 1.82) is 0 Å². The van der Waals surface area contributed by atoms with Gasteiger partial charge in [0.15, 0.2) is 6.10 Å². The molecule has 1 atom stereocenters. The van der Waals surface area contributed by atoms with Crippen LogP contribution in [0.2, 0.25) is 0 Å². The summed E-state index contributed by atoms with van der Waals surface area (Å²) in [5.74, 6) is 0.108. The summed E-state index contributed by atoms with van der Waals surface area (Å²) in [6.45, 7) is 9.27. The highest BCUT2D eigenvalue weighted by Gasteiger charge is 2.47. The smallest absolute Gasteiger partial charge is 0.341 e. The van der Waals surface area contributed by atoms with E-state index in [2.05, 4.69) is 5.10 Å². The van der Waals surface area contributed by atoms with Gasteiger partial charge in [-0.05, 0) is 33.1 Å². The fourth-order valence-electron chi connectivity index (χ4n) is 1.67. The average molecular weight is 266 g/mol. The average Bonchev–Trinajstić information content (AvgIpc) is 2.13. The van der Waals surface area contributed by atoms with Gasteiger partial charge in [0.25, 0.3) is 0 Å². The summed E-state index contributed by atoms with van der Waals surface area (Å²) < 4.78 is 43.5. The van der Waals surface area contributed by atoms with Gasteiger partial charge in [-0.3, -0.25) is 5.01 Å². The van der Waals surface area contributed by atoms with Crippen molar-refractivity contribution < 1.29 is 17.9 Å². The molecule has 1 heterocycles. The van der Waals surface area contributed by atoms with E-state index >= 15 is 0 Å². The standard InChI is InChI=1S/C12H21F3N2O/c1-8(2)6-9-10(12(13,14)15)18-7-17(16-9)11(3,4)5/h8,10H,6-7H2,1-5H3. The number of hydrazone groups is 1. The van der Waals surface area contributed by atoms with Crippen LogP contribution in [-0.4, -0.2) is 35.3 Å². The van der Waals surface area contributed by atoms with Crippen LogP contribution >= 0.6 is 0 Å². The van der Waals surface area contributed by atoms with Gasteiger partial charge in [-0.25, -0.2) is 0 Å². The van der Waals surface area contributed by atoms with E-state index in [4.69, 9.17) is 4.74 Å². The van der Waals surface area contributed by atoms with Crippen molar-refractivity contribution in [1.82, 2.24) is 5.01 Å². The zero-order valence-electron chi connectivity index (χ0n) is 11.5. The van der Waals surface area contributed by atoms with Crippen LogP contribution in [0.5, 0.6) is 0 Å². The lowest BCUT2D eigenvalue weighted by molar-refractivity contribution is -0.218. The molecule has 0 fully saturated rings. The van der Waals surface area contributed by atoms with Gasteiger partial charge in [-0.1, -0.05) is 13.8 Å². The highest BCUT2D eigenvalue weighted by molar-refractivity contribution is 5.89. The van der Waals surface area contributed by atoms with E-state index in [-0.39, 0.29) is 30.3 Å². The first-order valence-electron chi connectivity index (χ1n) is 6.05. The Hall–Kier alpha value is -0.780. The molecule has 0 amide bonds. The van der Waals surface area contributed by atoms with Crippen LogP contribution < -0.4 is 0 Å². The molecule has 6 heteroatoms. The molecule has 0 spiro atoms. The van der Waals surface area contributed by atoms with Gasteiger partial charge in [-0.15, -0.1) is 0 Å². The molecule has 0 N–H and O–H groups in total. The third-order valence-corrected chi connectivity index (χ3v) is 2.60. The maximum absolute atomic E-state index is 12.8. The van der Waals surface area contributed by atoms with Crippen LogP contribution in [0.1, 0.15) is 41.0 Å². The summed E-state index contributed by atoms with van der Waals surface area (Å²) in [7, 11) is 0. The Labute approximate surface area is 106 Å². The van der Waals surface area contributed by atoms with E-state index < -0.39 is 12.3 Å². The number of halogens is 3. The largest absolute Gasteiger partial charge is 0.420 e. The van der Waals surface area contributed by atoms with Crippen LogP contribution in [0.15, 0.2) is 5.10 Å². The topological polar surface area (TPSA) is 24.8 Å². The Bertz CT molecular complexity index is 318. The van der Waals surface area contributed by atoms with Crippen molar-refractivity contribution in [3.63, 3.8) is 0 Å². The monoisotopic (exact) mass is 266 g/mol. The lowest BCUT2D eigenvalue weighted by Crippen LogP contribution is -2.51. The molecule has 0 aromatic heterocycles. The summed E-state index contributed by atoms with van der Waals surface area (Å²) in [4.78, 5) is 0. The number of hydrogen-bond acceptors (Lipinski definition) is 3. The summed E-state index contributed by atoms with van der Waals surface area (Å²) in [5, 5.41) is 5.71. The number of hydrogen-bond donors (Lipinski definition) is 0. The lowest BCUT2D eigenvalue weighted by atomic mass is 10.0. The fraction of sp³-hybridized carbons (Fsp3) is 0.917. The second-order valence-corrected chi connectivity index (χ2v) is 5.98. The first kappa shape index (κ1) is 15.3. The zero-order valence-corrected chi connectivity index (χ0v) is 11.5. The minimum absolute atomic E-state index is 0.0682. The summed E-state index contributed by atoms with van der Waals surface area (Å²) in [6.07, 6.45) is -5.97. The van der Waals surface area contributed by atoms with Gasteiger partial charge in [0.05, 0.1) is 11.3 Å².